The van der Waals surface area contributed by atoms with Crippen LogP contribution in [0.15, 0.2) is 30.6 Å². The van der Waals surface area contributed by atoms with Gasteiger partial charge in [0.1, 0.15) is 6.54 Å². The van der Waals surface area contributed by atoms with Crippen LogP contribution in [0, 0.1) is 0 Å². The molecule has 0 saturated heterocycles. The number of unbranched alkanes of at least 4 members (excludes halogenated alkanes) is 2. The third kappa shape index (κ3) is 13.1. The zero-order chi connectivity index (χ0) is 12.4. The summed E-state index contributed by atoms with van der Waals surface area (Å²) in [5, 5.41) is 0. The van der Waals surface area contributed by atoms with E-state index in [9.17, 15) is 0 Å². The average Bonchev–Trinajstić information content (AvgIpc) is 2.17. The Morgan fingerprint density at radius 2 is 1.62 bits per heavy atom. The molecule has 0 atom stereocenters. The van der Waals surface area contributed by atoms with Crippen LogP contribution < -0.4 is 4.57 Å². The summed E-state index contributed by atoms with van der Waals surface area (Å²) in [6, 6.07) is 6.20. The first kappa shape index (κ1) is 15.1. The topological polar surface area (TPSA) is 61.1 Å². The van der Waals surface area contributed by atoms with E-state index in [0.717, 1.165) is 6.54 Å². The van der Waals surface area contributed by atoms with Gasteiger partial charge in [0.25, 0.3) is 0 Å². The van der Waals surface area contributed by atoms with Crippen molar-refractivity contribution < 1.29 is 17.5 Å². The van der Waals surface area contributed by atoms with Gasteiger partial charge in [-0.15, -0.1) is 0 Å². The normalized spacial score (nSPS) is 10.4. The van der Waals surface area contributed by atoms with Gasteiger partial charge in [-0.2, -0.15) is 0 Å². The molecule has 92 valence electrons. The molecule has 0 bridgehead atoms. The molecule has 0 radical (unpaired) electrons. The molecule has 4 nitrogen and oxygen atoms in total. The Morgan fingerprint density at radius 1 is 1.12 bits per heavy atom. The summed E-state index contributed by atoms with van der Waals surface area (Å²) in [4.78, 5) is 0. The molecule has 0 aromatic carbocycles. The van der Waals surface area contributed by atoms with Gasteiger partial charge >= 0.3 is 0 Å². The second kappa shape index (κ2) is 8.24. The fourth-order valence-corrected chi connectivity index (χ4v) is 1.13. The lowest BCUT2D eigenvalue weighted by Crippen LogP contribution is -2.31. The maximum atomic E-state index is 9.08. The number of hydrogen-bond acceptors (Lipinski definition) is 3. The fourth-order valence-electron chi connectivity index (χ4n) is 1.13. The summed E-state index contributed by atoms with van der Waals surface area (Å²) in [6.07, 6.45) is 8.78. The zero-order valence-corrected chi connectivity index (χ0v) is 10.6. The van der Waals surface area contributed by atoms with E-state index in [4.69, 9.17) is 13.0 Å². The van der Waals surface area contributed by atoms with Crippen molar-refractivity contribution in [1.82, 2.24) is 0 Å². The van der Waals surface area contributed by atoms with Crippen molar-refractivity contribution >= 4 is 10.1 Å². The van der Waals surface area contributed by atoms with Crippen molar-refractivity contribution in [3.63, 3.8) is 0 Å². The molecule has 0 unspecified atom stereocenters. The Balaban J connectivity index is 0.000000385. The number of hydrogen-bond donors (Lipinski definition) is 0. The molecule has 16 heavy (non-hydrogen) atoms. The summed E-state index contributed by atoms with van der Waals surface area (Å²) < 4.78 is 29.5. The molecule has 0 amide bonds. The minimum atomic E-state index is -3.92. The van der Waals surface area contributed by atoms with Crippen molar-refractivity contribution in [2.45, 2.75) is 32.7 Å². The predicted molar refractivity (Wildman–Crippen MR) is 61.8 cm³/mol. The van der Waals surface area contributed by atoms with Crippen molar-refractivity contribution in [3.05, 3.63) is 30.6 Å². The SMILES string of the molecule is CCCCC[n+]1ccccc1.CS(=O)(=O)[O-]. The van der Waals surface area contributed by atoms with Crippen LogP contribution in [0.1, 0.15) is 26.2 Å². The van der Waals surface area contributed by atoms with Crippen molar-refractivity contribution in [2.24, 2.45) is 0 Å². The zero-order valence-electron chi connectivity index (χ0n) is 9.80. The first-order valence-corrected chi connectivity index (χ1v) is 7.10. The van der Waals surface area contributed by atoms with Gasteiger partial charge in [-0.05, 0) is 6.42 Å². The van der Waals surface area contributed by atoms with E-state index in [0.29, 0.717) is 6.26 Å². The molecule has 0 spiro atoms. The van der Waals surface area contributed by atoms with Gasteiger partial charge in [-0.25, -0.2) is 13.0 Å². The maximum Gasteiger partial charge on any atom is 0.168 e. The lowest BCUT2D eigenvalue weighted by molar-refractivity contribution is -0.697. The van der Waals surface area contributed by atoms with Crippen LogP contribution in [0.3, 0.4) is 0 Å². The third-order valence-electron chi connectivity index (χ3n) is 1.80. The van der Waals surface area contributed by atoms with Gasteiger partial charge in [-0.1, -0.05) is 19.4 Å². The smallest absolute Gasteiger partial charge is 0.168 e. The molecule has 1 heterocycles. The molecule has 1 rings (SSSR count). The summed E-state index contributed by atoms with van der Waals surface area (Å²) in [5.41, 5.74) is 0. The highest BCUT2D eigenvalue weighted by Gasteiger charge is 1.94. The number of rotatable bonds is 4. The van der Waals surface area contributed by atoms with Gasteiger partial charge in [0.2, 0.25) is 0 Å². The first-order chi connectivity index (χ1) is 7.43. The highest BCUT2D eigenvalue weighted by atomic mass is 32.2. The van der Waals surface area contributed by atoms with Crippen LogP contribution in [-0.2, 0) is 16.7 Å². The standard InChI is InChI=1S/C10H16N.CH4O3S/c1-2-3-5-8-11-9-6-4-7-10-11;1-5(2,3)4/h4,6-7,9-10H,2-3,5,8H2,1H3;1H3,(H,2,3,4)/q+1;/p-1. The molecule has 0 N–H and O–H groups in total. The second-order valence-corrected chi connectivity index (χ2v) is 4.93. The third-order valence-corrected chi connectivity index (χ3v) is 1.80. The Bertz CT molecular complexity index is 354. The molecule has 1 aromatic rings. The lowest BCUT2D eigenvalue weighted by Gasteiger charge is -1.93. The van der Waals surface area contributed by atoms with E-state index in [1.54, 1.807) is 0 Å². The van der Waals surface area contributed by atoms with Crippen LogP contribution in [0.4, 0.5) is 0 Å². The minimum Gasteiger partial charge on any atom is -0.748 e. The summed E-state index contributed by atoms with van der Waals surface area (Å²) in [6.45, 7) is 3.39. The Hall–Kier alpha value is -0.940. The van der Waals surface area contributed by atoms with E-state index >= 15 is 0 Å². The largest absolute Gasteiger partial charge is 0.748 e. The second-order valence-electron chi connectivity index (χ2n) is 3.52. The summed E-state index contributed by atoms with van der Waals surface area (Å²) in [5.74, 6) is 0. The van der Waals surface area contributed by atoms with Crippen LogP contribution >= 0.6 is 0 Å². The highest BCUT2D eigenvalue weighted by molar-refractivity contribution is 7.84. The van der Waals surface area contributed by atoms with Crippen molar-refractivity contribution in [2.75, 3.05) is 6.26 Å². The minimum absolute atomic E-state index is 0.604. The quantitative estimate of drug-likeness (QED) is 0.456. The van der Waals surface area contributed by atoms with Crippen LogP contribution in [-0.4, -0.2) is 19.2 Å². The average molecular weight is 245 g/mol. The molecular formula is C11H19NO3S. The Labute approximate surface area is 97.7 Å². The van der Waals surface area contributed by atoms with Gasteiger partial charge in [-0.3, -0.25) is 0 Å². The summed E-state index contributed by atoms with van der Waals surface area (Å²) in [7, 11) is -3.92. The molecule has 0 saturated carbocycles. The van der Waals surface area contributed by atoms with Crippen LogP contribution in [0.5, 0.6) is 0 Å². The monoisotopic (exact) mass is 245 g/mol. The molecule has 0 aliphatic heterocycles. The molecular weight excluding hydrogens is 226 g/mol. The van der Waals surface area contributed by atoms with E-state index in [1.165, 1.54) is 19.3 Å². The van der Waals surface area contributed by atoms with Crippen molar-refractivity contribution in [3.8, 4) is 0 Å². The van der Waals surface area contributed by atoms with Gasteiger partial charge in [0.15, 0.2) is 12.4 Å². The van der Waals surface area contributed by atoms with Crippen LogP contribution in [0.25, 0.3) is 0 Å². The number of aryl methyl sites for hydroxylation is 1. The van der Waals surface area contributed by atoms with E-state index < -0.39 is 10.1 Å². The van der Waals surface area contributed by atoms with Gasteiger partial charge in [0.05, 0.1) is 10.1 Å². The predicted octanol–water partition coefficient (Wildman–Crippen LogP) is 1.33. The number of aromatic nitrogens is 1. The summed E-state index contributed by atoms with van der Waals surface area (Å²) >= 11 is 0. The maximum absolute atomic E-state index is 9.08. The number of nitrogens with zero attached hydrogens (tertiary/aromatic N) is 1. The lowest BCUT2D eigenvalue weighted by atomic mass is 10.2. The fraction of sp³-hybridized carbons (Fsp3) is 0.545. The Kier molecular flexibility index (Phi) is 7.76. The molecule has 1 aromatic heterocycles. The van der Waals surface area contributed by atoms with E-state index in [1.807, 2.05) is 0 Å². The number of pyridine rings is 1. The van der Waals surface area contributed by atoms with Gasteiger partial charge in [0, 0.05) is 24.8 Å². The van der Waals surface area contributed by atoms with Crippen molar-refractivity contribution in [1.29, 1.82) is 0 Å². The van der Waals surface area contributed by atoms with Crippen LogP contribution in [0.2, 0.25) is 0 Å². The molecule has 0 fully saturated rings. The molecule has 0 aliphatic carbocycles. The molecule has 5 heteroatoms. The van der Waals surface area contributed by atoms with E-state index in [-0.39, 0.29) is 0 Å². The molecule has 0 aliphatic rings. The highest BCUT2D eigenvalue weighted by Crippen LogP contribution is 1.92. The van der Waals surface area contributed by atoms with Gasteiger partial charge < -0.3 is 4.55 Å². The first-order valence-electron chi connectivity index (χ1n) is 5.28. The Morgan fingerprint density at radius 3 is 2.06 bits per heavy atom. The van der Waals surface area contributed by atoms with E-state index in [2.05, 4.69) is 42.1 Å².